The maximum absolute atomic E-state index is 13.4. The largest absolute Gasteiger partial charge is 0.352 e. The Hall–Kier alpha value is -2.29. The number of carbonyl (C=O) groups excluding carboxylic acids is 2. The number of anilines is 1. The van der Waals surface area contributed by atoms with Crippen molar-refractivity contribution in [2.45, 2.75) is 45.8 Å². The van der Waals surface area contributed by atoms with Crippen LogP contribution in [0.3, 0.4) is 0 Å². The van der Waals surface area contributed by atoms with Gasteiger partial charge in [-0.05, 0) is 44.0 Å². The number of hydrogen-bond donors (Lipinski definition) is 1. The van der Waals surface area contributed by atoms with E-state index < -0.39 is 28.5 Å². The summed E-state index contributed by atoms with van der Waals surface area (Å²) in [6, 6.07) is 12.7. The van der Waals surface area contributed by atoms with Crippen molar-refractivity contribution < 1.29 is 18.0 Å². The molecule has 0 aliphatic heterocycles. The molecule has 0 aliphatic rings. The third kappa shape index (κ3) is 7.62. The first kappa shape index (κ1) is 27.0. The van der Waals surface area contributed by atoms with Gasteiger partial charge < -0.3 is 10.2 Å². The number of carbonyl (C=O) groups is 2. The van der Waals surface area contributed by atoms with Gasteiger partial charge in [0.2, 0.25) is 21.8 Å². The highest BCUT2D eigenvalue weighted by Gasteiger charge is 2.30. The summed E-state index contributed by atoms with van der Waals surface area (Å²) in [6.45, 7) is 5.11. The van der Waals surface area contributed by atoms with Gasteiger partial charge in [0.1, 0.15) is 12.6 Å². The molecule has 7 nitrogen and oxygen atoms in total. The lowest BCUT2D eigenvalue weighted by Crippen LogP contribution is -2.52. The van der Waals surface area contributed by atoms with Crippen molar-refractivity contribution in [3.8, 4) is 0 Å². The number of sulfonamides is 1. The Balaban J connectivity index is 2.38. The number of halogens is 2. The van der Waals surface area contributed by atoms with Crippen molar-refractivity contribution >= 4 is 50.7 Å². The van der Waals surface area contributed by atoms with E-state index in [-0.39, 0.29) is 34.2 Å². The lowest BCUT2D eigenvalue weighted by Gasteiger charge is -2.32. The Labute approximate surface area is 205 Å². The fraction of sp³-hybridized carbons (Fsp3) is 0.391. The van der Waals surface area contributed by atoms with Crippen LogP contribution in [0.1, 0.15) is 32.8 Å². The standard InChI is InChI=1S/C23H29Cl2N3O4S/c1-5-16(2)26-23(30)17(3)27(14-18-9-7-6-8-10-18)22(29)15-28(33(4,31)32)19-11-12-20(24)21(25)13-19/h6-13,16-17H,5,14-15H2,1-4H3,(H,26,30)/t16-,17+/m1/s1. The topological polar surface area (TPSA) is 86.8 Å². The molecule has 0 unspecified atom stereocenters. The lowest BCUT2D eigenvalue weighted by molar-refractivity contribution is -0.139. The van der Waals surface area contributed by atoms with E-state index in [1.807, 2.05) is 44.2 Å². The highest BCUT2D eigenvalue weighted by Crippen LogP contribution is 2.28. The van der Waals surface area contributed by atoms with Gasteiger partial charge in [0.15, 0.2) is 0 Å². The zero-order valence-electron chi connectivity index (χ0n) is 19.1. The Morgan fingerprint density at radius 1 is 1.03 bits per heavy atom. The van der Waals surface area contributed by atoms with Crippen molar-refractivity contribution in [2.24, 2.45) is 0 Å². The molecule has 0 spiro atoms. The van der Waals surface area contributed by atoms with Crippen molar-refractivity contribution in [3.63, 3.8) is 0 Å². The van der Waals surface area contributed by atoms with Crippen LogP contribution in [0.15, 0.2) is 48.5 Å². The Kier molecular flexibility index (Phi) is 9.57. The molecule has 1 N–H and O–H groups in total. The van der Waals surface area contributed by atoms with E-state index in [4.69, 9.17) is 23.2 Å². The predicted octanol–water partition coefficient (Wildman–Crippen LogP) is 4.09. The molecule has 2 amide bonds. The number of nitrogens with one attached hydrogen (secondary N) is 1. The van der Waals surface area contributed by atoms with Gasteiger partial charge in [-0.2, -0.15) is 0 Å². The van der Waals surface area contributed by atoms with Gasteiger partial charge in [-0.1, -0.05) is 60.5 Å². The lowest BCUT2D eigenvalue weighted by atomic mass is 10.1. The molecule has 0 heterocycles. The zero-order valence-corrected chi connectivity index (χ0v) is 21.4. The van der Waals surface area contributed by atoms with Gasteiger partial charge in [0.05, 0.1) is 22.0 Å². The summed E-state index contributed by atoms with van der Waals surface area (Å²) in [4.78, 5) is 27.6. The molecule has 0 radical (unpaired) electrons. The number of amides is 2. The molecule has 0 aromatic heterocycles. The SMILES string of the molecule is CC[C@@H](C)NC(=O)[C@H](C)N(Cc1ccccc1)C(=O)CN(c1ccc(Cl)c(Cl)c1)S(C)(=O)=O. The number of benzene rings is 2. The van der Waals surface area contributed by atoms with Crippen LogP contribution >= 0.6 is 23.2 Å². The van der Waals surface area contributed by atoms with E-state index in [2.05, 4.69) is 5.32 Å². The van der Waals surface area contributed by atoms with Crippen LogP contribution in [0.5, 0.6) is 0 Å². The first-order valence-corrected chi connectivity index (χ1v) is 13.1. The fourth-order valence-corrected chi connectivity index (χ4v) is 4.22. The van der Waals surface area contributed by atoms with Crippen LogP contribution in [0.4, 0.5) is 5.69 Å². The molecule has 0 saturated heterocycles. The van der Waals surface area contributed by atoms with Crippen LogP contribution in [-0.4, -0.2) is 50.0 Å². The normalized spacial score (nSPS) is 13.2. The average Bonchev–Trinajstić information content (AvgIpc) is 2.76. The molecule has 2 rings (SSSR count). The highest BCUT2D eigenvalue weighted by molar-refractivity contribution is 7.92. The quantitative estimate of drug-likeness (QED) is 0.518. The summed E-state index contributed by atoms with van der Waals surface area (Å²) in [6.07, 6.45) is 1.74. The van der Waals surface area contributed by atoms with E-state index in [0.717, 1.165) is 22.5 Å². The second kappa shape index (κ2) is 11.7. The predicted molar refractivity (Wildman–Crippen MR) is 133 cm³/mol. The minimum atomic E-state index is -3.83. The zero-order chi connectivity index (χ0) is 24.8. The van der Waals surface area contributed by atoms with Crippen LogP contribution in [0, 0.1) is 0 Å². The molecule has 0 bridgehead atoms. The molecule has 0 fully saturated rings. The molecule has 2 aromatic rings. The summed E-state index contributed by atoms with van der Waals surface area (Å²) in [5, 5.41) is 3.31. The van der Waals surface area contributed by atoms with E-state index in [1.165, 1.54) is 23.1 Å². The highest BCUT2D eigenvalue weighted by atomic mass is 35.5. The Morgan fingerprint density at radius 2 is 1.67 bits per heavy atom. The van der Waals surface area contributed by atoms with Crippen molar-refractivity contribution in [1.29, 1.82) is 0 Å². The Morgan fingerprint density at radius 3 is 2.21 bits per heavy atom. The summed E-state index contributed by atoms with van der Waals surface area (Å²) in [5.74, 6) is -0.837. The van der Waals surface area contributed by atoms with Gasteiger partial charge >= 0.3 is 0 Å². The molecule has 180 valence electrons. The first-order valence-electron chi connectivity index (χ1n) is 10.5. The van der Waals surface area contributed by atoms with Gasteiger partial charge in [0.25, 0.3) is 0 Å². The minimum Gasteiger partial charge on any atom is -0.352 e. The Bertz CT molecular complexity index is 1080. The minimum absolute atomic E-state index is 0.0580. The summed E-state index contributed by atoms with van der Waals surface area (Å²) < 4.78 is 26.0. The molecular formula is C23H29Cl2N3O4S. The van der Waals surface area contributed by atoms with Crippen molar-refractivity contribution in [3.05, 3.63) is 64.1 Å². The number of rotatable bonds is 10. The molecule has 0 aliphatic carbocycles. The first-order chi connectivity index (χ1) is 15.4. The molecule has 0 saturated carbocycles. The summed E-state index contributed by atoms with van der Waals surface area (Å²) in [5.41, 5.74) is 1.02. The number of hydrogen-bond acceptors (Lipinski definition) is 4. The average molecular weight is 514 g/mol. The smallest absolute Gasteiger partial charge is 0.244 e. The van der Waals surface area contributed by atoms with Gasteiger partial charge in [-0.15, -0.1) is 0 Å². The maximum Gasteiger partial charge on any atom is 0.244 e. The molecule has 10 heteroatoms. The second-order valence-electron chi connectivity index (χ2n) is 7.87. The van der Waals surface area contributed by atoms with Crippen LogP contribution in [-0.2, 0) is 26.2 Å². The van der Waals surface area contributed by atoms with E-state index in [9.17, 15) is 18.0 Å². The monoisotopic (exact) mass is 513 g/mol. The van der Waals surface area contributed by atoms with Crippen LogP contribution < -0.4 is 9.62 Å². The van der Waals surface area contributed by atoms with Crippen molar-refractivity contribution in [2.75, 3.05) is 17.1 Å². The molecular weight excluding hydrogens is 485 g/mol. The second-order valence-corrected chi connectivity index (χ2v) is 10.6. The molecule has 2 aromatic carbocycles. The molecule has 2 atom stereocenters. The summed E-state index contributed by atoms with van der Waals surface area (Å²) in [7, 11) is -3.83. The van der Waals surface area contributed by atoms with E-state index in [1.54, 1.807) is 6.92 Å². The molecule has 33 heavy (non-hydrogen) atoms. The number of nitrogens with zero attached hydrogens (tertiary/aromatic N) is 2. The van der Waals surface area contributed by atoms with Crippen molar-refractivity contribution in [1.82, 2.24) is 10.2 Å². The third-order valence-electron chi connectivity index (χ3n) is 5.23. The fourth-order valence-electron chi connectivity index (χ4n) is 3.08. The van der Waals surface area contributed by atoms with Crippen LogP contribution in [0.2, 0.25) is 10.0 Å². The van der Waals surface area contributed by atoms with Crippen LogP contribution in [0.25, 0.3) is 0 Å². The van der Waals surface area contributed by atoms with E-state index >= 15 is 0 Å². The summed E-state index contributed by atoms with van der Waals surface area (Å²) >= 11 is 12.0. The van der Waals surface area contributed by atoms with Gasteiger partial charge in [0, 0.05) is 12.6 Å². The third-order valence-corrected chi connectivity index (χ3v) is 7.11. The van der Waals surface area contributed by atoms with Gasteiger partial charge in [-0.3, -0.25) is 13.9 Å². The van der Waals surface area contributed by atoms with E-state index in [0.29, 0.717) is 0 Å². The maximum atomic E-state index is 13.4. The van der Waals surface area contributed by atoms with Gasteiger partial charge in [-0.25, -0.2) is 8.42 Å².